The van der Waals surface area contributed by atoms with Crippen molar-refractivity contribution in [3.05, 3.63) is 35.7 Å². The van der Waals surface area contributed by atoms with Crippen LogP contribution in [0.2, 0.25) is 0 Å². The summed E-state index contributed by atoms with van der Waals surface area (Å²) in [7, 11) is 0. The second kappa shape index (κ2) is 6.67. The fraction of sp³-hybridized carbons (Fsp3) is 0.357. The summed E-state index contributed by atoms with van der Waals surface area (Å²) in [5.41, 5.74) is 4.71. The molecule has 1 aromatic rings. The lowest BCUT2D eigenvalue weighted by atomic mass is 10.2. The summed E-state index contributed by atoms with van der Waals surface area (Å²) in [6.45, 7) is 1.06. The molecule has 0 saturated carbocycles. The van der Waals surface area contributed by atoms with Gasteiger partial charge in [-0.1, -0.05) is 0 Å². The number of nitrogens with zero attached hydrogens (tertiary/aromatic N) is 2. The molecule has 1 unspecified atom stereocenters. The minimum atomic E-state index is -4.71. The monoisotopic (exact) mass is 343 g/mol. The number of β-amino-alcohol motifs (C(OH)–C–C–N with tert-alkyl or cyclic N) is 1. The maximum absolute atomic E-state index is 12.2. The fourth-order valence-corrected chi connectivity index (χ4v) is 2.47. The van der Waals surface area contributed by atoms with Crippen LogP contribution in [-0.2, 0) is 0 Å². The molecule has 3 rings (SSSR count). The minimum Gasteiger partial charge on any atom is -0.406 e. The van der Waals surface area contributed by atoms with E-state index in [1.54, 1.807) is 0 Å². The number of hydrogen-bond acceptors (Lipinski definition) is 7. The SMILES string of the molecule is OCCN1CC2=C(Nc3ccc(OC(F)(F)F)cc3)N=CNC2N1. The average molecular weight is 343 g/mol. The molecule has 2 aliphatic rings. The molecule has 2 aliphatic heterocycles. The Hall–Kier alpha value is -2.30. The Morgan fingerprint density at radius 1 is 1.33 bits per heavy atom. The number of nitrogens with one attached hydrogen (secondary N) is 3. The number of aliphatic hydroxyl groups excluding tert-OH is 1. The predicted octanol–water partition coefficient (Wildman–Crippen LogP) is 0.979. The summed E-state index contributed by atoms with van der Waals surface area (Å²) in [6.07, 6.45) is -3.31. The third-order valence-corrected chi connectivity index (χ3v) is 3.48. The van der Waals surface area contributed by atoms with E-state index in [0.717, 1.165) is 5.57 Å². The van der Waals surface area contributed by atoms with E-state index >= 15 is 0 Å². The van der Waals surface area contributed by atoms with Gasteiger partial charge in [0.25, 0.3) is 0 Å². The summed E-state index contributed by atoms with van der Waals surface area (Å²) in [5, 5.41) is 17.0. The largest absolute Gasteiger partial charge is 0.573 e. The van der Waals surface area contributed by atoms with Gasteiger partial charge in [-0.3, -0.25) is 0 Å². The van der Waals surface area contributed by atoms with Crippen molar-refractivity contribution in [1.82, 2.24) is 15.8 Å². The van der Waals surface area contributed by atoms with Crippen LogP contribution >= 0.6 is 0 Å². The van der Waals surface area contributed by atoms with Crippen LogP contribution in [0.15, 0.2) is 40.7 Å². The highest BCUT2D eigenvalue weighted by molar-refractivity contribution is 5.64. The molecular weight excluding hydrogens is 327 g/mol. The first-order valence-electron chi connectivity index (χ1n) is 7.21. The molecule has 0 aliphatic carbocycles. The van der Waals surface area contributed by atoms with Crippen LogP contribution in [0.1, 0.15) is 0 Å². The average Bonchev–Trinajstić information content (AvgIpc) is 2.92. The zero-order chi connectivity index (χ0) is 17.2. The highest BCUT2D eigenvalue weighted by atomic mass is 19.4. The van der Waals surface area contributed by atoms with Crippen LogP contribution in [0.25, 0.3) is 0 Å². The number of hydrazine groups is 1. The van der Waals surface area contributed by atoms with Crippen molar-refractivity contribution >= 4 is 12.0 Å². The van der Waals surface area contributed by atoms with Crippen LogP contribution in [0, 0.1) is 0 Å². The molecule has 1 fully saturated rings. The summed E-state index contributed by atoms with van der Waals surface area (Å²) < 4.78 is 40.3. The number of anilines is 1. The number of benzene rings is 1. The zero-order valence-electron chi connectivity index (χ0n) is 12.5. The van der Waals surface area contributed by atoms with Crippen molar-refractivity contribution in [3.63, 3.8) is 0 Å². The minimum absolute atomic E-state index is 0.0251. The number of hydrogen-bond donors (Lipinski definition) is 4. The molecule has 10 heteroatoms. The van der Waals surface area contributed by atoms with Gasteiger partial charge in [0, 0.05) is 24.4 Å². The van der Waals surface area contributed by atoms with E-state index in [2.05, 4.69) is 25.8 Å². The predicted molar refractivity (Wildman–Crippen MR) is 81.0 cm³/mol. The van der Waals surface area contributed by atoms with Crippen LogP contribution < -0.4 is 20.8 Å². The molecular formula is C14H16F3N5O2. The molecule has 130 valence electrons. The normalized spacial score (nSPS) is 20.8. The summed E-state index contributed by atoms with van der Waals surface area (Å²) >= 11 is 0. The van der Waals surface area contributed by atoms with Gasteiger partial charge in [0.15, 0.2) is 0 Å². The molecule has 0 amide bonds. The molecule has 1 aromatic carbocycles. The molecule has 4 N–H and O–H groups in total. The van der Waals surface area contributed by atoms with Gasteiger partial charge in [0.2, 0.25) is 0 Å². The second-order valence-corrected chi connectivity index (χ2v) is 5.20. The van der Waals surface area contributed by atoms with Gasteiger partial charge >= 0.3 is 6.36 Å². The van der Waals surface area contributed by atoms with Crippen molar-refractivity contribution in [2.45, 2.75) is 12.5 Å². The number of alkyl halides is 3. The van der Waals surface area contributed by atoms with Crippen LogP contribution in [0.5, 0.6) is 5.75 Å². The fourth-order valence-electron chi connectivity index (χ4n) is 2.47. The standard InChI is InChI=1S/C14H16F3N5O2/c15-14(16,17)24-10-3-1-9(2-4-10)20-12-11-7-22(5-6-23)21-13(11)19-8-18-12/h1-4,8,13,20-21,23H,5-7H2,(H,18,19). The summed E-state index contributed by atoms with van der Waals surface area (Å²) in [4.78, 5) is 4.24. The number of rotatable bonds is 5. The molecule has 24 heavy (non-hydrogen) atoms. The lowest BCUT2D eigenvalue weighted by molar-refractivity contribution is -0.274. The van der Waals surface area contributed by atoms with E-state index in [1.165, 1.54) is 30.6 Å². The Morgan fingerprint density at radius 3 is 2.75 bits per heavy atom. The Labute approximate surface area is 135 Å². The van der Waals surface area contributed by atoms with Gasteiger partial charge in [-0.25, -0.2) is 15.4 Å². The van der Waals surface area contributed by atoms with E-state index in [9.17, 15) is 13.2 Å². The first kappa shape index (κ1) is 16.6. The number of fused-ring (bicyclic) bond motifs is 1. The molecule has 1 saturated heterocycles. The Morgan fingerprint density at radius 2 is 2.08 bits per heavy atom. The van der Waals surface area contributed by atoms with Gasteiger partial charge in [-0.2, -0.15) is 0 Å². The number of halogens is 3. The Kier molecular flexibility index (Phi) is 4.60. The van der Waals surface area contributed by atoms with Crippen molar-refractivity contribution in [3.8, 4) is 5.75 Å². The molecule has 0 radical (unpaired) electrons. The first-order chi connectivity index (χ1) is 11.4. The first-order valence-corrected chi connectivity index (χ1v) is 7.21. The smallest absolute Gasteiger partial charge is 0.406 e. The van der Waals surface area contributed by atoms with Crippen molar-refractivity contribution < 1.29 is 23.0 Å². The van der Waals surface area contributed by atoms with Crippen molar-refractivity contribution in [2.75, 3.05) is 25.0 Å². The number of ether oxygens (including phenoxy) is 1. The van der Waals surface area contributed by atoms with Crippen molar-refractivity contribution in [1.29, 1.82) is 0 Å². The van der Waals surface area contributed by atoms with E-state index < -0.39 is 6.36 Å². The van der Waals surface area contributed by atoms with E-state index in [1.807, 2.05) is 5.01 Å². The third-order valence-electron chi connectivity index (χ3n) is 3.48. The van der Waals surface area contributed by atoms with Crippen molar-refractivity contribution in [2.24, 2.45) is 4.99 Å². The Bertz CT molecular complexity index is 645. The molecule has 0 aromatic heterocycles. The lowest BCUT2D eigenvalue weighted by Gasteiger charge is -2.20. The van der Waals surface area contributed by atoms with Crippen LogP contribution in [0.4, 0.5) is 18.9 Å². The van der Waals surface area contributed by atoms with Gasteiger partial charge in [-0.05, 0) is 24.3 Å². The molecule has 0 spiro atoms. The lowest BCUT2D eigenvalue weighted by Crippen LogP contribution is -2.45. The topological polar surface area (TPSA) is 81.2 Å². The van der Waals surface area contributed by atoms with E-state index in [4.69, 9.17) is 5.11 Å². The third kappa shape index (κ3) is 3.96. The van der Waals surface area contributed by atoms with E-state index in [0.29, 0.717) is 24.6 Å². The van der Waals surface area contributed by atoms with Gasteiger partial charge in [0.1, 0.15) is 17.7 Å². The molecule has 1 atom stereocenters. The highest BCUT2D eigenvalue weighted by Crippen LogP contribution is 2.26. The van der Waals surface area contributed by atoms with Crippen LogP contribution in [-0.4, -0.2) is 48.7 Å². The second-order valence-electron chi connectivity index (χ2n) is 5.20. The van der Waals surface area contributed by atoms with Gasteiger partial charge in [0.05, 0.1) is 12.9 Å². The van der Waals surface area contributed by atoms with Gasteiger partial charge < -0.3 is 20.5 Å². The number of aliphatic hydroxyl groups is 1. The Balaban J connectivity index is 1.70. The highest BCUT2D eigenvalue weighted by Gasteiger charge is 2.32. The quantitative estimate of drug-likeness (QED) is 0.638. The molecule has 7 nitrogen and oxygen atoms in total. The zero-order valence-corrected chi connectivity index (χ0v) is 12.5. The summed E-state index contributed by atoms with van der Waals surface area (Å²) in [6, 6.07) is 5.42. The summed E-state index contributed by atoms with van der Waals surface area (Å²) in [5.74, 6) is 0.324. The van der Waals surface area contributed by atoms with Gasteiger partial charge in [-0.15, -0.1) is 13.2 Å². The maximum atomic E-state index is 12.2. The number of aliphatic imine (C=N–C) groups is 1. The maximum Gasteiger partial charge on any atom is 0.573 e. The molecule has 0 bridgehead atoms. The van der Waals surface area contributed by atoms with E-state index in [-0.39, 0.29) is 18.5 Å². The van der Waals surface area contributed by atoms with Crippen LogP contribution in [0.3, 0.4) is 0 Å². The molecule has 2 heterocycles.